The van der Waals surface area contributed by atoms with Crippen molar-refractivity contribution in [2.24, 2.45) is 0 Å². The smallest absolute Gasteiger partial charge is 0.267 e. The van der Waals surface area contributed by atoms with E-state index in [0.29, 0.717) is 11.4 Å². The van der Waals surface area contributed by atoms with E-state index in [0.717, 1.165) is 54.0 Å². The third-order valence-electron chi connectivity index (χ3n) is 6.00. The first kappa shape index (κ1) is 19.9. The summed E-state index contributed by atoms with van der Waals surface area (Å²) in [7, 11) is 0. The summed E-state index contributed by atoms with van der Waals surface area (Å²) < 4.78 is 3.36. The molecule has 0 saturated carbocycles. The topological polar surface area (TPSA) is 92.6 Å². The number of pyridine rings is 1. The van der Waals surface area contributed by atoms with Crippen molar-refractivity contribution < 1.29 is 0 Å². The van der Waals surface area contributed by atoms with Gasteiger partial charge in [0.1, 0.15) is 5.82 Å². The highest BCUT2D eigenvalue weighted by atomic mass is 16.1. The van der Waals surface area contributed by atoms with Gasteiger partial charge in [0, 0.05) is 30.2 Å². The molecule has 160 valence electrons. The van der Waals surface area contributed by atoms with Crippen molar-refractivity contribution >= 4 is 16.7 Å². The lowest BCUT2D eigenvalue weighted by Gasteiger charge is -2.33. The standard InChI is InChI=1S/C24H23N7O/c1-16-13-17(2)30(27-16)22-7-8-24(32)31(28-22)19-9-11-29(12-10-19)23-14-18(15-25)20-5-3-4-6-21(20)26-23/h3-8,13-14,19H,9-12H2,1-2H3. The van der Waals surface area contributed by atoms with Gasteiger partial charge in [0.05, 0.1) is 28.9 Å². The molecule has 0 N–H and O–H groups in total. The Morgan fingerprint density at radius 3 is 2.50 bits per heavy atom. The first-order chi connectivity index (χ1) is 15.5. The maximum atomic E-state index is 12.6. The molecule has 1 saturated heterocycles. The van der Waals surface area contributed by atoms with Gasteiger partial charge in [-0.15, -0.1) is 5.10 Å². The fourth-order valence-electron chi connectivity index (χ4n) is 4.41. The third kappa shape index (κ3) is 3.52. The first-order valence-electron chi connectivity index (χ1n) is 10.7. The van der Waals surface area contributed by atoms with Crippen LogP contribution in [0, 0.1) is 25.2 Å². The fraction of sp³-hybridized carbons (Fsp3) is 0.292. The van der Waals surface area contributed by atoms with Gasteiger partial charge in [0.25, 0.3) is 5.56 Å². The Kier molecular flexibility index (Phi) is 4.94. The SMILES string of the molecule is Cc1cc(C)n(-c2ccc(=O)n(C3CCN(c4cc(C#N)c5ccccc5n4)CC3)n2)n1. The molecule has 3 aromatic heterocycles. The fourth-order valence-corrected chi connectivity index (χ4v) is 4.41. The second-order valence-corrected chi connectivity index (χ2v) is 8.19. The Morgan fingerprint density at radius 1 is 1.00 bits per heavy atom. The number of hydrogen-bond donors (Lipinski definition) is 0. The summed E-state index contributed by atoms with van der Waals surface area (Å²) in [4.78, 5) is 19.5. The van der Waals surface area contributed by atoms with Crippen LogP contribution < -0.4 is 10.5 Å². The molecule has 0 bridgehead atoms. The summed E-state index contributed by atoms with van der Waals surface area (Å²) in [5.41, 5.74) is 3.23. The highest BCUT2D eigenvalue weighted by Crippen LogP contribution is 2.27. The molecule has 1 aromatic carbocycles. The van der Waals surface area contributed by atoms with E-state index in [4.69, 9.17) is 4.98 Å². The number of benzene rings is 1. The molecule has 32 heavy (non-hydrogen) atoms. The monoisotopic (exact) mass is 425 g/mol. The molecule has 0 radical (unpaired) electrons. The maximum absolute atomic E-state index is 12.6. The lowest BCUT2D eigenvalue weighted by molar-refractivity contribution is 0.351. The lowest BCUT2D eigenvalue weighted by atomic mass is 10.0. The van der Waals surface area contributed by atoms with Gasteiger partial charge in [-0.2, -0.15) is 10.4 Å². The summed E-state index contributed by atoms with van der Waals surface area (Å²) >= 11 is 0. The number of nitriles is 1. The van der Waals surface area contributed by atoms with Crippen LogP contribution >= 0.6 is 0 Å². The minimum atomic E-state index is -0.107. The van der Waals surface area contributed by atoms with Crippen LogP contribution in [0.1, 0.15) is 35.8 Å². The zero-order valence-corrected chi connectivity index (χ0v) is 18.1. The Labute approximate surface area is 185 Å². The zero-order valence-electron chi connectivity index (χ0n) is 18.1. The van der Waals surface area contributed by atoms with Gasteiger partial charge in [0.15, 0.2) is 5.82 Å². The molecular weight excluding hydrogens is 402 g/mol. The Balaban J connectivity index is 1.39. The van der Waals surface area contributed by atoms with E-state index in [1.807, 2.05) is 50.2 Å². The Hall–Kier alpha value is -3.99. The second kappa shape index (κ2) is 7.93. The van der Waals surface area contributed by atoms with Crippen molar-refractivity contribution in [1.82, 2.24) is 24.5 Å². The van der Waals surface area contributed by atoms with Crippen molar-refractivity contribution in [3.05, 3.63) is 75.8 Å². The summed E-state index contributed by atoms with van der Waals surface area (Å²) in [5, 5.41) is 19.6. The van der Waals surface area contributed by atoms with Gasteiger partial charge < -0.3 is 4.90 Å². The van der Waals surface area contributed by atoms with E-state index < -0.39 is 0 Å². The molecule has 1 aliphatic heterocycles. The van der Waals surface area contributed by atoms with Gasteiger partial charge in [-0.1, -0.05) is 18.2 Å². The largest absolute Gasteiger partial charge is 0.356 e. The number of para-hydroxylation sites is 1. The molecule has 8 nitrogen and oxygen atoms in total. The minimum absolute atomic E-state index is 0.00607. The normalized spacial score (nSPS) is 14.6. The number of anilines is 1. The molecule has 4 aromatic rings. The van der Waals surface area contributed by atoms with E-state index in [-0.39, 0.29) is 11.6 Å². The van der Waals surface area contributed by atoms with Crippen LogP contribution in [0.25, 0.3) is 16.7 Å². The molecule has 5 rings (SSSR count). The maximum Gasteiger partial charge on any atom is 0.267 e. The van der Waals surface area contributed by atoms with Crippen LogP contribution in [0.3, 0.4) is 0 Å². The average Bonchev–Trinajstić information content (AvgIpc) is 3.16. The molecule has 1 fully saturated rings. The van der Waals surface area contributed by atoms with Crippen LogP contribution in [0.5, 0.6) is 0 Å². The molecule has 0 atom stereocenters. The highest BCUT2D eigenvalue weighted by molar-refractivity contribution is 5.86. The Morgan fingerprint density at radius 2 is 1.78 bits per heavy atom. The van der Waals surface area contributed by atoms with Gasteiger partial charge in [-0.05, 0) is 51.0 Å². The summed E-state index contributed by atoms with van der Waals surface area (Å²) in [6, 6.07) is 17.1. The van der Waals surface area contributed by atoms with E-state index in [9.17, 15) is 10.1 Å². The molecule has 0 spiro atoms. The van der Waals surface area contributed by atoms with Crippen molar-refractivity contribution in [3.8, 4) is 11.9 Å². The third-order valence-corrected chi connectivity index (χ3v) is 6.00. The summed E-state index contributed by atoms with van der Waals surface area (Å²) in [6.45, 7) is 5.38. The number of aryl methyl sites for hydroxylation is 2. The van der Waals surface area contributed by atoms with Crippen LogP contribution in [0.4, 0.5) is 5.82 Å². The van der Waals surface area contributed by atoms with E-state index >= 15 is 0 Å². The number of nitrogens with zero attached hydrogens (tertiary/aromatic N) is 7. The van der Waals surface area contributed by atoms with Crippen molar-refractivity contribution in [1.29, 1.82) is 5.26 Å². The number of fused-ring (bicyclic) bond motifs is 1. The van der Waals surface area contributed by atoms with Crippen LogP contribution in [-0.2, 0) is 0 Å². The van der Waals surface area contributed by atoms with E-state index in [2.05, 4.69) is 21.2 Å². The predicted octanol–water partition coefficient (Wildman–Crippen LogP) is 3.31. The number of piperidine rings is 1. The summed E-state index contributed by atoms with van der Waals surface area (Å²) in [5.74, 6) is 1.45. The van der Waals surface area contributed by atoms with Gasteiger partial charge in [-0.3, -0.25) is 4.79 Å². The molecular formula is C24H23N7O. The summed E-state index contributed by atoms with van der Waals surface area (Å²) in [6.07, 6.45) is 1.54. The molecule has 1 aliphatic rings. The van der Waals surface area contributed by atoms with Crippen LogP contribution in [0.15, 0.2) is 53.3 Å². The first-order valence-corrected chi connectivity index (χ1v) is 10.7. The van der Waals surface area contributed by atoms with Crippen LogP contribution in [0.2, 0.25) is 0 Å². The van der Waals surface area contributed by atoms with Crippen molar-refractivity contribution in [2.75, 3.05) is 18.0 Å². The molecule has 4 heterocycles. The molecule has 0 aliphatic carbocycles. The van der Waals surface area contributed by atoms with E-state index in [1.165, 1.54) is 0 Å². The highest BCUT2D eigenvalue weighted by Gasteiger charge is 2.24. The lowest BCUT2D eigenvalue weighted by Crippen LogP contribution is -2.39. The Bertz CT molecular complexity index is 1400. The average molecular weight is 425 g/mol. The zero-order chi connectivity index (χ0) is 22.2. The quantitative estimate of drug-likeness (QED) is 0.500. The minimum Gasteiger partial charge on any atom is -0.356 e. The molecule has 0 unspecified atom stereocenters. The van der Waals surface area contributed by atoms with Crippen molar-refractivity contribution in [3.63, 3.8) is 0 Å². The number of rotatable bonds is 3. The molecule has 8 heteroatoms. The van der Waals surface area contributed by atoms with Crippen molar-refractivity contribution in [2.45, 2.75) is 32.7 Å². The molecule has 0 amide bonds. The van der Waals surface area contributed by atoms with Gasteiger partial charge in [0.2, 0.25) is 0 Å². The number of hydrogen-bond acceptors (Lipinski definition) is 6. The predicted molar refractivity (Wildman–Crippen MR) is 122 cm³/mol. The van der Waals surface area contributed by atoms with Gasteiger partial charge in [-0.25, -0.2) is 14.3 Å². The second-order valence-electron chi connectivity index (χ2n) is 8.19. The van der Waals surface area contributed by atoms with Gasteiger partial charge >= 0.3 is 0 Å². The van der Waals surface area contributed by atoms with Crippen LogP contribution in [-0.4, -0.2) is 37.6 Å². The number of aromatic nitrogens is 5. The van der Waals surface area contributed by atoms with E-state index in [1.54, 1.807) is 21.5 Å².